The highest BCUT2D eigenvalue weighted by Gasteiger charge is 2.28. The number of Topliss-reactive ketones (excluding diaryl/α,β-unsaturated/α-hetero) is 1. The topological polar surface area (TPSA) is 41.6 Å². The van der Waals surface area contributed by atoms with Gasteiger partial charge in [-0.05, 0) is 64.9 Å². The molecule has 1 N–H and O–H groups in total. The minimum Gasteiger partial charge on any atom is -0.484 e. The van der Waals surface area contributed by atoms with Crippen LogP contribution in [0.3, 0.4) is 0 Å². The number of nitrogens with zero attached hydrogens (tertiary/aromatic N) is 1. The van der Waals surface area contributed by atoms with Gasteiger partial charge in [0, 0.05) is 5.56 Å². The molecule has 0 radical (unpaired) electrons. The van der Waals surface area contributed by atoms with Crippen LogP contribution in [0.1, 0.15) is 50.4 Å². The first-order valence-corrected chi connectivity index (χ1v) is 8.31. The molecule has 4 nitrogen and oxygen atoms in total. The average Bonchev–Trinajstić information content (AvgIpc) is 2.53. The number of piperidine rings is 1. The van der Waals surface area contributed by atoms with E-state index in [1.807, 2.05) is 25.1 Å². The van der Waals surface area contributed by atoms with Gasteiger partial charge in [0.2, 0.25) is 0 Å². The predicted octanol–water partition coefficient (Wildman–Crippen LogP) is 3.33. The molecule has 0 bridgehead atoms. The van der Waals surface area contributed by atoms with Crippen molar-refractivity contribution in [2.75, 3.05) is 25.0 Å². The van der Waals surface area contributed by atoms with Crippen LogP contribution >= 0.6 is 0 Å². The second-order valence-corrected chi connectivity index (χ2v) is 7.06. The Balaban J connectivity index is 1.76. The fourth-order valence-electron chi connectivity index (χ4n) is 3.26. The van der Waals surface area contributed by atoms with Crippen LogP contribution in [0.25, 0.3) is 0 Å². The number of nitrogens with one attached hydrogen (secondary N) is 1. The summed E-state index contributed by atoms with van der Waals surface area (Å²) in [6, 6.07) is 5.71. The number of benzene rings is 1. The Morgan fingerprint density at radius 1 is 1.27 bits per heavy atom. The van der Waals surface area contributed by atoms with Crippen LogP contribution in [0.5, 0.6) is 5.75 Å². The lowest BCUT2D eigenvalue weighted by Gasteiger charge is -2.34. The third kappa shape index (κ3) is 3.12. The predicted molar refractivity (Wildman–Crippen MR) is 88.9 cm³/mol. The molecule has 4 heteroatoms. The molecule has 1 atom stereocenters. The monoisotopic (exact) mass is 302 g/mol. The summed E-state index contributed by atoms with van der Waals surface area (Å²) in [7, 11) is 0. The van der Waals surface area contributed by atoms with E-state index in [0.29, 0.717) is 0 Å². The molecule has 2 heterocycles. The molecule has 1 aromatic carbocycles. The zero-order valence-electron chi connectivity index (χ0n) is 13.8. The van der Waals surface area contributed by atoms with Crippen molar-refractivity contribution in [3.05, 3.63) is 23.8 Å². The van der Waals surface area contributed by atoms with Crippen LogP contribution in [0, 0.1) is 0 Å². The molecule has 120 valence electrons. The molecule has 1 unspecified atom stereocenters. The van der Waals surface area contributed by atoms with Crippen molar-refractivity contribution >= 4 is 11.5 Å². The zero-order chi connectivity index (χ0) is 15.7. The number of carbonyl (C=O) groups excluding carboxylic acids is 1. The molecule has 3 rings (SSSR count). The summed E-state index contributed by atoms with van der Waals surface area (Å²) in [4.78, 5) is 15.1. The van der Waals surface area contributed by atoms with E-state index < -0.39 is 0 Å². The minimum atomic E-state index is -0.209. The molecule has 0 saturated carbocycles. The number of carbonyl (C=O) groups is 1. The maximum atomic E-state index is 12.7. The molecule has 0 spiro atoms. The maximum absolute atomic E-state index is 12.7. The number of ether oxygens (including phenoxy) is 1. The van der Waals surface area contributed by atoms with E-state index in [2.05, 4.69) is 24.1 Å². The Morgan fingerprint density at radius 2 is 2.00 bits per heavy atom. The van der Waals surface area contributed by atoms with Crippen LogP contribution in [-0.2, 0) is 0 Å². The van der Waals surface area contributed by atoms with Crippen LogP contribution < -0.4 is 10.1 Å². The molecule has 0 aliphatic carbocycles. The summed E-state index contributed by atoms with van der Waals surface area (Å²) in [5, 5.41) is 3.38. The second-order valence-electron chi connectivity index (χ2n) is 7.06. The first-order chi connectivity index (χ1) is 10.5. The molecule has 1 saturated heterocycles. The third-order valence-electron chi connectivity index (χ3n) is 4.67. The van der Waals surface area contributed by atoms with Gasteiger partial charge in [0.05, 0.1) is 18.3 Å². The van der Waals surface area contributed by atoms with Gasteiger partial charge in [-0.1, -0.05) is 6.42 Å². The largest absolute Gasteiger partial charge is 0.484 e. The lowest BCUT2D eigenvalue weighted by molar-refractivity contribution is 0.0808. The van der Waals surface area contributed by atoms with E-state index in [9.17, 15) is 4.79 Å². The van der Waals surface area contributed by atoms with Crippen LogP contribution in [0.4, 0.5) is 5.69 Å². The number of likely N-dealkylation sites (tertiary alicyclic amines) is 1. The molecular weight excluding hydrogens is 276 g/mol. The number of ketones is 1. The Morgan fingerprint density at radius 3 is 2.73 bits per heavy atom. The number of rotatable bonds is 3. The summed E-state index contributed by atoms with van der Waals surface area (Å²) >= 11 is 0. The van der Waals surface area contributed by atoms with Crippen molar-refractivity contribution < 1.29 is 9.53 Å². The Labute approximate surface area is 132 Å². The van der Waals surface area contributed by atoms with Crippen LogP contribution in [-0.4, -0.2) is 42.0 Å². The molecule has 1 aromatic rings. The number of hydrogen-bond donors (Lipinski definition) is 1. The first kappa shape index (κ1) is 15.3. The zero-order valence-corrected chi connectivity index (χ0v) is 13.8. The van der Waals surface area contributed by atoms with Crippen molar-refractivity contribution in [1.82, 2.24) is 4.90 Å². The fourth-order valence-corrected chi connectivity index (χ4v) is 3.26. The van der Waals surface area contributed by atoms with Crippen molar-refractivity contribution in [3.63, 3.8) is 0 Å². The van der Waals surface area contributed by atoms with Gasteiger partial charge in [-0.25, -0.2) is 0 Å². The lowest BCUT2D eigenvalue weighted by atomic mass is 9.99. The van der Waals surface area contributed by atoms with E-state index >= 15 is 0 Å². The Bertz CT molecular complexity index is 562. The van der Waals surface area contributed by atoms with Gasteiger partial charge in [0.25, 0.3) is 0 Å². The smallest absolute Gasteiger partial charge is 0.179 e. The summed E-state index contributed by atoms with van der Waals surface area (Å²) < 4.78 is 5.95. The van der Waals surface area contributed by atoms with E-state index in [4.69, 9.17) is 4.74 Å². The van der Waals surface area contributed by atoms with Crippen molar-refractivity contribution in [1.29, 1.82) is 0 Å². The molecule has 2 aliphatic rings. The van der Waals surface area contributed by atoms with Gasteiger partial charge >= 0.3 is 0 Å². The minimum absolute atomic E-state index is 0.0423. The Hall–Kier alpha value is -1.55. The van der Waals surface area contributed by atoms with E-state index in [0.717, 1.165) is 36.6 Å². The van der Waals surface area contributed by atoms with Gasteiger partial charge in [0.1, 0.15) is 11.4 Å². The highest BCUT2D eigenvalue weighted by Crippen LogP contribution is 2.33. The fraction of sp³-hybridized carbons (Fsp3) is 0.611. The first-order valence-electron chi connectivity index (χ1n) is 8.31. The SMILES string of the molecule is CC(C(=O)c1ccc2c(c1)NCC(C)(C)O2)N1CCCCC1. The van der Waals surface area contributed by atoms with Gasteiger partial charge in [-0.15, -0.1) is 0 Å². The van der Waals surface area contributed by atoms with Crippen molar-refractivity contribution in [2.45, 2.75) is 51.7 Å². The summed E-state index contributed by atoms with van der Waals surface area (Å²) in [5.74, 6) is 1.04. The summed E-state index contributed by atoms with van der Waals surface area (Å²) in [5.41, 5.74) is 1.49. The summed E-state index contributed by atoms with van der Waals surface area (Å²) in [6.45, 7) is 8.96. The number of hydrogen-bond acceptors (Lipinski definition) is 4. The van der Waals surface area contributed by atoms with E-state index in [1.54, 1.807) is 0 Å². The summed E-state index contributed by atoms with van der Waals surface area (Å²) in [6.07, 6.45) is 3.69. The normalized spacial score (nSPS) is 22.1. The maximum Gasteiger partial charge on any atom is 0.179 e. The second kappa shape index (κ2) is 5.92. The van der Waals surface area contributed by atoms with E-state index in [1.165, 1.54) is 19.3 Å². The molecule has 22 heavy (non-hydrogen) atoms. The third-order valence-corrected chi connectivity index (χ3v) is 4.67. The quantitative estimate of drug-likeness (QED) is 0.870. The molecule has 2 aliphatic heterocycles. The van der Waals surface area contributed by atoms with Gasteiger partial charge in [0.15, 0.2) is 5.78 Å². The van der Waals surface area contributed by atoms with Gasteiger partial charge in [-0.2, -0.15) is 0 Å². The van der Waals surface area contributed by atoms with Gasteiger partial charge < -0.3 is 10.1 Å². The van der Waals surface area contributed by atoms with Crippen LogP contribution in [0.15, 0.2) is 18.2 Å². The molecular formula is C18H26N2O2. The van der Waals surface area contributed by atoms with Gasteiger partial charge in [-0.3, -0.25) is 9.69 Å². The van der Waals surface area contributed by atoms with Crippen LogP contribution in [0.2, 0.25) is 0 Å². The number of anilines is 1. The van der Waals surface area contributed by atoms with E-state index in [-0.39, 0.29) is 17.4 Å². The highest BCUT2D eigenvalue weighted by molar-refractivity contribution is 6.01. The lowest BCUT2D eigenvalue weighted by Crippen LogP contribution is -2.42. The standard InChI is InChI=1S/C18H26N2O2/c1-13(20-9-5-4-6-10-20)17(21)14-7-8-16-15(11-14)19-12-18(2,3)22-16/h7-8,11,13,19H,4-6,9-10,12H2,1-3H3. The molecule has 0 amide bonds. The van der Waals surface area contributed by atoms with Crippen molar-refractivity contribution in [3.8, 4) is 5.75 Å². The Kier molecular flexibility index (Phi) is 4.13. The average molecular weight is 302 g/mol. The van der Waals surface area contributed by atoms with Crippen molar-refractivity contribution in [2.24, 2.45) is 0 Å². The molecule has 0 aromatic heterocycles. The highest BCUT2D eigenvalue weighted by atomic mass is 16.5. The molecule has 1 fully saturated rings. The number of fused-ring (bicyclic) bond motifs is 1.